The van der Waals surface area contributed by atoms with Gasteiger partial charge in [-0.15, -0.1) is 0 Å². The maximum atomic E-state index is 12.7. The fraction of sp³-hybridized carbons (Fsp3) is 0.222. The van der Waals surface area contributed by atoms with Crippen LogP contribution in [0.25, 0.3) is 0 Å². The summed E-state index contributed by atoms with van der Waals surface area (Å²) in [7, 11) is 0. The second-order valence-electron chi connectivity index (χ2n) is 5.75. The Morgan fingerprint density at radius 1 is 1.21 bits per heavy atom. The SMILES string of the molecule is Cc1cccc2c1I(OC(=O)c1cccc(Cl)c1)N(C(C)C)C2=O. The first kappa shape index (κ1) is 17.2. The molecule has 0 bridgehead atoms. The van der Waals surface area contributed by atoms with Crippen molar-refractivity contribution < 1.29 is 12.7 Å². The van der Waals surface area contributed by atoms with E-state index in [0.29, 0.717) is 16.1 Å². The first-order valence-electron chi connectivity index (χ1n) is 7.52. The number of benzene rings is 2. The second-order valence-corrected chi connectivity index (χ2v) is 10.1. The molecule has 0 saturated heterocycles. The fourth-order valence-corrected chi connectivity index (χ4v) is 7.78. The van der Waals surface area contributed by atoms with Gasteiger partial charge in [0.15, 0.2) is 0 Å². The molecule has 6 heteroatoms. The monoisotopic (exact) mass is 457 g/mol. The average Bonchev–Trinajstić information content (AvgIpc) is 2.81. The third kappa shape index (κ3) is 3.02. The zero-order chi connectivity index (χ0) is 17.4. The number of hydrogen-bond donors (Lipinski definition) is 0. The molecule has 1 aliphatic heterocycles. The zero-order valence-corrected chi connectivity index (χ0v) is 16.5. The number of halogens is 2. The van der Waals surface area contributed by atoms with Gasteiger partial charge in [0.1, 0.15) is 0 Å². The van der Waals surface area contributed by atoms with E-state index in [4.69, 9.17) is 14.7 Å². The van der Waals surface area contributed by atoms with Gasteiger partial charge in [-0.05, 0) is 0 Å². The molecule has 0 unspecified atom stereocenters. The molecule has 0 saturated carbocycles. The van der Waals surface area contributed by atoms with E-state index < -0.39 is 26.5 Å². The molecule has 0 spiro atoms. The van der Waals surface area contributed by atoms with Crippen LogP contribution in [0.15, 0.2) is 42.5 Å². The van der Waals surface area contributed by atoms with E-state index in [1.807, 2.05) is 39.0 Å². The standard InChI is InChI=1S/C18H17ClINO3/c1-11(2)21-17(22)15-9-4-6-12(3)16(15)20(21)24-18(23)13-7-5-8-14(19)10-13/h4-11H,1-3H3. The molecule has 2 aromatic rings. The number of carbonyl (C=O) groups excluding carboxylic acids is 2. The first-order valence-corrected chi connectivity index (χ1v) is 10.8. The van der Waals surface area contributed by atoms with Gasteiger partial charge in [0, 0.05) is 0 Å². The molecule has 24 heavy (non-hydrogen) atoms. The van der Waals surface area contributed by atoms with Crippen LogP contribution in [-0.2, 0) is 3.07 Å². The maximum absolute atomic E-state index is 12.7. The van der Waals surface area contributed by atoms with E-state index in [9.17, 15) is 9.59 Å². The number of aryl methyl sites for hydroxylation is 1. The second kappa shape index (κ2) is 6.72. The Morgan fingerprint density at radius 2 is 1.92 bits per heavy atom. The van der Waals surface area contributed by atoms with Crippen molar-refractivity contribution in [1.82, 2.24) is 3.11 Å². The Hall–Kier alpha value is -1.60. The van der Waals surface area contributed by atoms with Crippen molar-refractivity contribution >= 4 is 44.0 Å². The molecular formula is C18H17ClINO3. The molecule has 4 nitrogen and oxygen atoms in total. The summed E-state index contributed by atoms with van der Waals surface area (Å²) in [5.74, 6) is -0.481. The van der Waals surface area contributed by atoms with Crippen molar-refractivity contribution in [3.8, 4) is 0 Å². The Balaban J connectivity index is 1.99. The molecule has 1 amide bonds. The minimum atomic E-state index is -2.62. The molecule has 1 aliphatic rings. The fourth-order valence-electron chi connectivity index (χ4n) is 2.52. The van der Waals surface area contributed by atoms with Gasteiger partial charge in [-0.1, -0.05) is 0 Å². The van der Waals surface area contributed by atoms with Crippen molar-refractivity contribution in [1.29, 1.82) is 0 Å². The van der Waals surface area contributed by atoms with Crippen LogP contribution in [0, 0.1) is 10.5 Å². The topological polar surface area (TPSA) is 46.6 Å². The summed E-state index contributed by atoms with van der Waals surface area (Å²) in [6, 6.07) is 12.3. The molecular weight excluding hydrogens is 441 g/mol. The first-order chi connectivity index (χ1) is 11.4. The van der Waals surface area contributed by atoms with Crippen molar-refractivity contribution in [2.45, 2.75) is 26.8 Å². The van der Waals surface area contributed by atoms with Crippen molar-refractivity contribution in [2.75, 3.05) is 0 Å². The normalized spacial score (nSPS) is 15.0. The van der Waals surface area contributed by atoms with Crippen molar-refractivity contribution in [2.24, 2.45) is 0 Å². The van der Waals surface area contributed by atoms with Gasteiger partial charge in [-0.2, -0.15) is 0 Å². The van der Waals surface area contributed by atoms with Gasteiger partial charge in [0.25, 0.3) is 0 Å². The number of hydrogen-bond acceptors (Lipinski definition) is 3. The molecule has 1 heterocycles. The molecule has 0 atom stereocenters. The Morgan fingerprint density at radius 3 is 2.58 bits per heavy atom. The van der Waals surface area contributed by atoms with Gasteiger partial charge in [0.05, 0.1) is 0 Å². The molecule has 126 valence electrons. The molecule has 0 fully saturated rings. The summed E-state index contributed by atoms with van der Waals surface area (Å²) in [4.78, 5) is 25.3. The van der Waals surface area contributed by atoms with E-state index in [-0.39, 0.29) is 11.9 Å². The van der Waals surface area contributed by atoms with Crippen LogP contribution in [0.3, 0.4) is 0 Å². The van der Waals surface area contributed by atoms with E-state index >= 15 is 0 Å². The summed E-state index contributed by atoms with van der Waals surface area (Å²) >= 11 is 3.34. The number of carbonyl (C=O) groups is 2. The summed E-state index contributed by atoms with van der Waals surface area (Å²) in [6.45, 7) is 5.83. The molecule has 0 radical (unpaired) electrons. The van der Waals surface area contributed by atoms with E-state index in [2.05, 4.69) is 0 Å². The Bertz CT molecular complexity index is 822. The number of nitrogens with zero attached hydrogens (tertiary/aromatic N) is 1. The van der Waals surface area contributed by atoms with Crippen LogP contribution in [0.5, 0.6) is 0 Å². The minimum absolute atomic E-state index is 0.0262. The van der Waals surface area contributed by atoms with Gasteiger partial charge in [-0.3, -0.25) is 0 Å². The third-order valence-electron chi connectivity index (χ3n) is 3.60. The van der Waals surface area contributed by atoms with Crippen LogP contribution in [0.2, 0.25) is 5.02 Å². The number of fused-ring (bicyclic) bond motifs is 1. The molecule has 3 rings (SSSR count). The van der Waals surface area contributed by atoms with Crippen molar-refractivity contribution in [3.63, 3.8) is 0 Å². The summed E-state index contributed by atoms with van der Waals surface area (Å²) in [5.41, 5.74) is 2.05. The average molecular weight is 458 g/mol. The summed E-state index contributed by atoms with van der Waals surface area (Å²) in [5, 5.41) is 0.480. The summed E-state index contributed by atoms with van der Waals surface area (Å²) < 4.78 is 8.53. The Labute approximate surface area is 154 Å². The van der Waals surface area contributed by atoms with Gasteiger partial charge < -0.3 is 0 Å². The molecule has 2 aromatic carbocycles. The zero-order valence-electron chi connectivity index (χ0n) is 13.5. The number of rotatable bonds is 3. The van der Waals surface area contributed by atoms with E-state index in [1.165, 1.54) is 0 Å². The van der Waals surface area contributed by atoms with Crippen LogP contribution in [-0.4, -0.2) is 21.0 Å². The quantitative estimate of drug-likeness (QED) is 0.488. The predicted molar refractivity (Wildman–Crippen MR) is 102 cm³/mol. The molecule has 0 aliphatic carbocycles. The van der Waals surface area contributed by atoms with E-state index in [1.54, 1.807) is 27.4 Å². The van der Waals surface area contributed by atoms with Crippen LogP contribution in [0.1, 0.15) is 40.1 Å². The van der Waals surface area contributed by atoms with E-state index in [0.717, 1.165) is 9.13 Å². The van der Waals surface area contributed by atoms with Crippen LogP contribution >= 0.6 is 32.1 Å². The van der Waals surface area contributed by atoms with Crippen LogP contribution < -0.4 is 0 Å². The van der Waals surface area contributed by atoms with Gasteiger partial charge in [0.2, 0.25) is 0 Å². The summed E-state index contributed by atoms with van der Waals surface area (Å²) in [6.07, 6.45) is 0. The Kier molecular flexibility index (Phi) is 4.83. The predicted octanol–water partition coefficient (Wildman–Crippen LogP) is 4.88. The number of amides is 1. The van der Waals surface area contributed by atoms with Gasteiger partial charge in [-0.25, -0.2) is 0 Å². The van der Waals surface area contributed by atoms with Crippen LogP contribution in [0.4, 0.5) is 0 Å². The van der Waals surface area contributed by atoms with Gasteiger partial charge >= 0.3 is 154 Å². The molecule has 0 aromatic heterocycles. The third-order valence-corrected chi connectivity index (χ3v) is 9.50. The molecule has 0 N–H and O–H groups in total. The van der Waals surface area contributed by atoms with Crippen molar-refractivity contribution in [3.05, 3.63) is 67.7 Å².